The smallest absolute Gasteiger partial charge is 0.434 e. The highest BCUT2D eigenvalue weighted by Gasteiger charge is 2.65. The molecule has 1 unspecified atom stereocenters. The summed E-state index contributed by atoms with van der Waals surface area (Å²) in [5, 5.41) is 10.2. The number of methoxy groups -OCH3 is 1. The SMILES string of the molecule is COc1c(F)ccc2c1CC(F)(F)C2Nc1nc(C)cc2cc(-c3c4c(nc(CCc5ccc(F)cc5)c3-c3n[nH]c(=O)o3)C35CC(CN3C4=O)C5)sc12. The number of amides is 1. The Kier molecular flexibility index (Phi) is 7.01. The topological polar surface area (TPSA) is 126 Å². The Hall–Kier alpha value is -5.57. The van der Waals surface area contributed by atoms with Gasteiger partial charge in [0.05, 0.1) is 39.9 Å². The Morgan fingerprint density at radius 2 is 1.83 bits per heavy atom. The zero-order chi connectivity index (χ0) is 37.3. The van der Waals surface area contributed by atoms with Crippen LogP contribution in [-0.2, 0) is 24.8 Å². The molecule has 1 spiro atoms. The van der Waals surface area contributed by atoms with Gasteiger partial charge in [-0.05, 0) is 85.4 Å². The van der Waals surface area contributed by atoms with E-state index in [1.54, 1.807) is 19.1 Å². The molecule has 15 heteroatoms. The van der Waals surface area contributed by atoms with Crippen LogP contribution in [-0.4, -0.2) is 50.5 Å². The number of halogens is 4. The second-order valence-corrected chi connectivity index (χ2v) is 15.7. The van der Waals surface area contributed by atoms with Gasteiger partial charge in [-0.1, -0.05) is 18.2 Å². The normalized spacial score (nSPS) is 21.7. The molecule has 10 nitrogen and oxygen atoms in total. The third-order valence-electron chi connectivity index (χ3n) is 11.4. The number of hydrogen-bond donors (Lipinski definition) is 2. The molecule has 2 aliphatic carbocycles. The van der Waals surface area contributed by atoms with Crippen molar-refractivity contribution in [3.63, 3.8) is 0 Å². The molecule has 1 saturated carbocycles. The van der Waals surface area contributed by atoms with Crippen LogP contribution >= 0.6 is 11.3 Å². The van der Waals surface area contributed by atoms with Gasteiger partial charge in [-0.25, -0.2) is 32.4 Å². The quantitative estimate of drug-likeness (QED) is 0.153. The Morgan fingerprint density at radius 1 is 1.04 bits per heavy atom. The number of benzene rings is 2. The number of nitrogens with zero attached hydrogens (tertiary/aromatic N) is 4. The standard InChI is InChI=1S/C39H30F4N6O4S/c1-17-11-20-12-26(54-31(20)34(44-17)46-32-22-8-9-24(41)30(52-2)23(22)15-39(32,42)43)28-27(35-47-48-37(51)53-35)25(10-5-18-3-6-21(40)7-4-18)45-33-29(28)36(50)49-16-19-13-38(33,49)14-19/h3-4,6-9,11-12,19,32H,5,10,13-16H2,1-2H3,(H,44,46)(H,48,51). The molecule has 54 heavy (non-hydrogen) atoms. The number of aromatic amines is 1. The number of nitrogens with one attached hydrogen (secondary N) is 2. The van der Waals surface area contributed by atoms with Crippen molar-refractivity contribution in [1.29, 1.82) is 0 Å². The molecule has 3 fully saturated rings. The van der Waals surface area contributed by atoms with Crippen LogP contribution in [0.15, 0.2) is 57.7 Å². The second-order valence-electron chi connectivity index (χ2n) is 14.6. The lowest BCUT2D eigenvalue weighted by atomic mass is 9.71. The van der Waals surface area contributed by atoms with E-state index in [2.05, 4.69) is 20.5 Å². The van der Waals surface area contributed by atoms with Gasteiger partial charge in [0, 0.05) is 34.7 Å². The van der Waals surface area contributed by atoms with Crippen molar-refractivity contribution < 1.29 is 31.5 Å². The predicted molar refractivity (Wildman–Crippen MR) is 191 cm³/mol. The van der Waals surface area contributed by atoms with Crippen molar-refractivity contribution in [2.75, 3.05) is 19.0 Å². The van der Waals surface area contributed by atoms with E-state index in [1.165, 1.54) is 36.6 Å². The van der Waals surface area contributed by atoms with Crippen LogP contribution in [0.25, 0.3) is 32.0 Å². The van der Waals surface area contributed by atoms with Gasteiger partial charge >= 0.3 is 5.76 Å². The second kappa shape index (κ2) is 11.5. The summed E-state index contributed by atoms with van der Waals surface area (Å²) in [7, 11) is 1.25. The molecular weight excluding hydrogens is 725 g/mol. The number of anilines is 1. The summed E-state index contributed by atoms with van der Waals surface area (Å²) >= 11 is 1.26. The minimum Gasteiger partial charge on any atom is -0.493 e. The monoisotopic (exact) mass is 754 g/mol. The van der Waals surface area contributed by atoms with E-state index < -0.39 is 35.5 Å². The maximum absolute atomic E-state index is 15.8. The van der Waals surface area contributed by atoms with Gasteiger partial charge in [0.1, 0.15) is 17.7 Å². The molecule has 3 aliphatic heterocycles. The van der Waals surface area contributed by atoms with Crippen LogP contribution in [0.2, 0.25) is 0 Å². The van der Waals surface area contributed by atoms with E-state index in [0.717, 1.165) is 24.5 Å². The Bertz CT molecular complexity index is 2630. The fraction of sp³-hybridized carbons (Fsp3) is 0.308. The van der Waals surface area contributed by atoms with Crippen LogP contribution in [0, 0.1) is 24.5 Å². The highest BCUT2D eigenvalue weighted by molar-refractivity contribution is 7.23. The Morgan fingerprint density at radius 3 is 2.57 bits per heavy atom. The van der Waals surface area contributed by atoms with Crippen LogP contribution in [0.3, 0.4) is 0 Å². The van der Waals surface area contributed by atoms with Gasteiger partial charge < -0.3 is 19.4 Å². The van der Waals surface area contributed by atoms with E-state index in [9.17, 15) is 18.4 Å². The number of hydrogen-bond acceptors (Lipinski definition) is 9. The van der Waals surface area contributed by atoms with Gasteiger partial charge in [0.2, 0.25) is 0 Å². The molecule has 6 aromatic rings. The van der Waals surface area contributed by atoms with Crippen molar-refractivity contribution in [2.24, 2.45) is 5.92 Å². The van der Waals surface area contributed by atoms with Crippen molar-refractivity contribution >= 4 is 33.1 Å². The predicted octanol–water partition coefficient (Wildman–Crippen LogP) is 7.50. The number of carbonyl (C=O) groups is 1. The van der Waals surface area contributed by atoms with Crippen molar-refractivity contribution in [2.45, 2.75) is 56.5 Å². The molecule has 2 N–H and O–H groups in total. The van der Waals surface area contributed by atoms with Gasteiger partial charge in [-0.2, -0.15) is 0 Å². The summed E-state index contributed by atoms with van der Waals surface area (Å²) in [5.41, 5.74) is 3.66. The van der Waals surface area contributed by atoms with E-state index >= 15 is 8.78 Å². The average molecular weight is 755 g/mol. The molecule has 1 atom stereocenters. The molecule has 2 saturated heterocycles. The van der Waals surface area contributed by atoms with E-state index in [-0.39, 0.29) is 40.3 Å². The summed E-state index contributed by atoms with van der Waals surface area (Å²) in [4.78, 5) is 39.2. The number of rotatable bonds is 8. The highest BCUT2D eigenvalue weighted by atomic mass is 32.1. The van der Waals surface area contributed by atoms with E-state index in [0.29, 0.717) is 74.0 Å². The molecule has 1 amide bonds. The van der Waals surface area contributed by atoms with Gasteiger partial charge in [0.25, 0.3) is 17.7 Å². The van der Waals surface area contributed by atoms with Gasteiger partial charge in [-0.15, -0.1) is 16.4 Å². The van der Waals surface area contributed by atoms with E-state index in [4.69, 9.17) is 14.1 Å². The molecule has 4 aromatic heterocycles. The lowest BCUT2D eigenvalue weighted by Gasteiger charge is -2.37. The molecule has 7 heterocycles. The maximum atomic E-state index is 15.8. The number of aromatic nitrogens is 4. The summed E-state index contributed by atoms with van der Waals surface area (Å²) in [6.07, 6.45) is 1.69. The first-order chi connectivity index (χ1) is 25.9. The number of thiophene rings is 1. The molecular formula is C39H30F4N6O4S. The minimum atomic E-state index is -3.30. The molecule has 2 bridgehead atoms. The summed E-state index contributed by atoms with van der Waals surface area (Å²) in [6.45, 7) is 2.37. The van der Waals surface area contributed by atoms with Gasteiger partial charge in [0.15, 0.2) is 11.6 Å². The average Bonchev–Trinajstić information content (AvgIpc) is 3.96. The number of aryl methyl sites for hydroxylation is 3. The zero-order valence-electron chi connectivity index (χ0n) is 28.9. The third kappa shape index (κ3) is 4.72. The number of pyridine rings is 2. The lowest BCUT2D eigenvalue weighted by Crippen LogP contribution is -2.40. The first-order valence-electron chi connectivity index (χ1n) is 17.5. The largest absolute Gasteiger partial charge is 0.493 e. The van der Waals surface area contributed by atoms with Crippen molar-refractivity contribution in [3.05, 3.63) is 110 Å². The van der Waals surface area contributed by atoms with Crippen LogP contribution < -0.4 is 15.8 Å². The Balaban J connectivity index is 1.16. The number of alkyl halides is 2. The molecule has 5 aliphatic rings. The molecule has 274 valence electrons. The fourth-order valence-electron chi connectivity index (χ4n) is 9.08. The van der Waals surface area contributed by atoms with Crippen molar-refractivity contribution in [1.82, 2.24) is 25.1 Å². The molecule has 11 rings (SSSR count). The first kappa shape index (κ1) is 33.0. The maximum Gasteiger partial charge on any atom is 0.434 e. The molecule has 0 radical (unpaired) electrons. The minimum absolute atomic E-state index is 0.0447. The fourth-order valence-corrected chi connectivity index (χ4v) is 10.2. The van der Waals surface area contributed by atoms with Crippen LogP contribution in [0.5, 0.6) is 5.75 Å². The molecule has 2 aromatic carbocycles. The van der Waals surface area contributed by atoms with Crippen LogP contribution in [0.1, 0.15) is 63.0 Å². The summed E-state index contributed by atoms with van der Waals surface area (Å²) < 4.78 is 71.2. The number of ether oxygens (including phenoxy) is 1. The summed E-state index contributed by atoms with van der Waals surface area (Å²) in [6, 6.07) is 10.8. The third-order valence-corrected chi connectivity index (χ3v) is 12.5. The highest BCUT2D eigenvalue weighted by Crippen LogP contribution is 2.63. The van der Waals surface area contributed by atoms with Crippen molar-refractivity contribution in [3.8, 4) is 27.6 Å². The zero-order valence-corrected chi connectivity index (χ0v) is 29.7. The number of carbonyl (C=O) groups excluding carboxylic acids is 1. The first-order valence-corrected chi connectivity index (χ1v) is 18.4. The van der Waals surface area contributed by atoms with E-state index in [1.807, 2.05) is 17.0 Å². The summed E-state index contributed by atoms with van der Waals surface area (Å²) in [5.74, 6) is -5.00. The Labute approximate surface area is 308 Å². The lowest BCUT2D eigenvalue weighted by molar-refractivity contribution is -0.00736. The number of H-pyrrole nitrogens is 1. The van der Waals surface area contributed by atoms with Crippen LogP contribution in [0.4, 0.5) is 23.4 Å². The van der Waals surface area contributed by atoms with Gasteiger partial charge in [-0.3, -0.25) is 9.78 Å². The number of fused-ring (bicyclic) bond motifs is 3.